The van der Waals surface area contributed by atoms with Gasteiger partial charge in [0.2, 0.25) is 10.0 Å². The highest BCUT2D eigenvalue weighted by Gasteiger charge is 2.22. The van der Waals surface area contributed by atoms with Crippen molar-refractivity contribution in [2.24, 2.45) is 0 Å². The molecule has 4 aromatic rings. The van der Waals surface area contributed by atoms with Gasteiger partial charge in [0, 0.05) is 18.8 Å². The van der Waals surface area contributed by atoms with E-state index < -0.39 is 21.9 Å². The zero-order valence-corrected chi connectivity index (χ0v) is 22.3. The average molecular weight is 533 g/mol. The van der Waals surface area contributed by atoms with Gasteiger partial charge < -0.3 is 15.2 Å². The normalized spacial score (nSPS) is 11.3. The summed E-state index contributed by atoms with van der Waals surface area (Å²) in [5.41, 5.74) is 3.55. The minimum Gasteiger partial charge on any atom is -0.487 e. The molecule has 4 rings (SSSR count). The second kappa shape index (κ2) is 10.5. The fourth-order valence-corrected chi connectivity index (χ4v) is 4.65. The van der Waals surface area contributed by atoms with Gasteiger partial charge >= 0.3 is 5.97 Å². The fourth-order valence-electron chi connectivity index (χ4n) is 4.15. The molecular formula is C29H28N2O6S. The van der Waals surface area contributed by atoms with Crippen molar-refractivity contribution in [1.29, 1.82) is 0 Å². The van der Waals surface area contributed by atoms with Crippen LogP contribution >= 0.6 is 0 Å². The summed E-state index contributed by atoms with van der Waals surface area (Å²) in [7, 11) is -2.17. The van der Waals surface area contributed by atoms with Crippen LogP contribution in [0.25, 0.3) is 10.8 Å². The number of hydrogen-bond acceptors (Lipinski definition) is 5. The number of hydrogen-bond donors (Lipinski definition) is 2. The van der Waals surface area contributed by atoms with Crippen molar-refractivity contribution in [2.75, 3.05) is 22.9 Å². The summed E-state index contributed by atoms with van der Waals surface area (Å²) >= 11 is 0. The maximum atomic E-state index is 13.4. The second-order valence-corrected chi connectivity index (χ2v) is 11.1. The van der Waals surface area contributed by atoms with Crippen LogP contribution in [0.4, 0.5) is 11.4 Å². The maximum Gasteiger partial charge on any atom is 0.336 e. The van der Waals surface area contributed by atoms with E-state index in [9.17, 15) is 23.1 Å². The smallest absolute Gasteiger partial charge is 0.336 e. The van der Waals surface area contributed by atoms with Crippen molar-refractivity contribution in [2.45, 2.75) is 20.5 Å². The molecular weight excluding hydrogens is 504 g/mol. The SMILES string of the molecule is Cc1ccc(C)c(COc2cc(NC(=O)c3c(C(=O)O)ccc4ccccc34)ccc2N(C)S(C)(=O)=O)c1. The van der Waals surface area contributed by atoms with Gasteiger partial charge in [-0.1, -0.05) is 54.1 Å². The van der Waals surface area contributed by atoms with Crippen LogP contribution in [0.3, 0.4) is 0 Å². The molecule has 0 bridgehead atoms. The molecule has 0 aromatic heterocycles. The lowest BCUT2D eigenvalue weighted by atomic mass is 9.98. The van der Waals surface area contributed by atoms with Crippen molar-refractivity contribution in [3.05, 3.63) is 101 Å². The summed E-state index contributed by atoms with van der Waals surface area (Å²) in [4.78, 5) is 25.3. The van der Waals surface area contributed by atoms with Crippen LogP contribution in [0.1, 0.15) is 37.4 Å². The summed E-state index contributed by atoms with van der Waals surface area (Å²) in [5.74, 6) is -1.58. The van der Waals surface area contributed by atoms with Gasteiger partial charge in [0.15, 0.2) is 0 Å². The lowest BCUT2D eigenvalue weighted by molar-refractivity contribution is 0.0693. The Hall–Kier alpha value is -4.37. The zero-order chi connectivity index (χ0) is 27.6. The Labute approximate surface area is 221 Å². The number of sulfonamides is 1. The highest BCUT2D eigenvalue weighted by Crippen LogP contribution is 2.34. The van der Waals surface area contributed by atoms with Gasteiger partial charge in [-0.3, -0.25) is 9.10 Å². The van der Waals surface area contributed by atoms with Gasteiger partial charge in [0.1, 0.15) is 12.4 Å². The van der Waals surface area contributed by atoms with Gasteiger partial charge in [-0.15, -0.1) is 0 Å². The lowest BCUT2D eigenvalue weighted by Gasteiger charge is -2.22. The maximum absolute atomic E-state index is 13.4. The molecule has 0 fully saturated rings. The molecule has 0 spiro atoms. The topological polar surface area (TPSA) is 113 Å². The quantitative estimate of drug-likeness (QED) is 0.315. The first-order valence-electron chi connectivity index (χ1n) is 11.8. The van der Waals surface area contributed by atoms with E-state index in [-0.39, 0.29) is 23.5 Å². The van der Waals surface area contributed by atoms with E-state index in [2.05, 4.69) is 5.32 Å². The van der Waals surface area contributed by atoms with Crippen LogP contribution in [0, 0.1) is 13.8 Å². The molecule has 196 valence electrons. The van der Waals surface area contributed by atoms with E-state index >= 15 is 0 Å². The van der Waals surface area contributed by atoms with Gasteiger partial charge in [-0.25, -0.2) is 13.2 Å². The van der Waals surface area contributed by atoms with Crippen molar-refractivity contribution in [3.8, 4) is 5.75 Å². The van der Waals surface area contributed by atoms with Crippen LogP contribution < -0.4 is 14.4 Å². The van der Waals surface area contributed by atoms with Gasteiger partial charge in [-0.2, -0.15) is 0 Å². The van der Waals surface area contributed by atoms with Crippen molar-refractivity contribution in [3.63, 3.8) is 0 Å². The molecule has 0 aliphatic carbocycles. The lowest BCUT2D eigenvalue weighted by Crippen LogP contribution is -2.25. The number of nitrogens with one attached hydrogen (secondary N) is 1. The molecule has 1 amide bonds. The van der Waals surface area contributed by atoms with E-state index in [0.29, 0.717) is 16.8 Å². The third-order valence-electron chi connectivity index (χ3n) is 6.33. The van der Waals surface area contributed by atoms with Crippen molar-refractivity contribution < 1.29 is 27.9 Å². The third-order valence-corrected chi connectivity index (χ3v) is 7.52. The highest BCUT2D eigenvalue weighted by atomic mass is 32.2. The van der Waals surface area contributed by atoms with E-state index in [1.54, 1.807) is 36.4 Å². The molecule has 0 aliphatic rings. The molecule has 0 unspecified atom stereocenters. The number of amides is 1. The summed E-state index contributed by atoms with van der Waals surface area (Å²) in [6, 6.07) is 20.7. The number of anilines is 2. The van der Waals surface area contributed by atoms with Crippen LogP contribution in [0.15, 0.2) is 72.8 Å². The van der Waals surface area contributed by atoms with Crippen molar-refractivity contribution >= 4 is 44.0 Å². The minimum absolute atomic E-state index is 0.0331. The standard InChI is InChI=1S/C29H28N2O6S/c1-18-9-10-19(2)21(15-18)17-37-26-16-22(12-14-25(26)31(3)38(4,35)36)30-28(32)27-23-8-6-5-7-20(23)11-13-24(27)29(33)34/h5-16H,17H2,1-4H3,(H,30,32)(H,33,34). The zero-order valence-electron chi connectivity index (χ0n) is 21.5. The number of aromatic carboxylic acids is 1. The fraction of sp³-hybridized carbons (Fsp3) is 0.172. The molecule has 0 aliphatic heterocycles. The predicted octanol–water partition coefficient (Wildman–Crippen LogP) is 5.38. The van der Waals surface area contributed by atoms with Crippen LogP contribution in [0.5, 0.6) is 5.75 Å². The molecule has 9 heteroatoms. The number of ether oxygens (including phenoxy) is 1. The average Bonchev–Trinajstić information content (AvgIpc) is 2.87. The molecule has 0 heterocycles. The Balaban J connectivity index is 1.72. The van der Waals surface area contributed by atoms with Crippen molar-refractivity contribution in [1.82, 2.24) is 0 Å². The Morgan fingerprint density at radius 1 is 0.974 bits per heavy atom. The summed E-state index contributed by atoms with van der Waals surface area (Å²) in [6.45, 7) is 4.12. The van der Waals surface area contributed by atoms with E-state index in [1.807, 2.05) is 32.0 Å². The number of rotatable bonds is 8. The number of benzene rings is 4. The Bertz CT molecular complexity index is 1660. The summed E-state index contributed by atoms with van der Waals surface area (Å²) in [6.07, 6.45) is 1.09. The van der Waals surface area contributed by atoms with Crippen LogP contribution in [-0.4, -0.2) is 38.7 Å². The third kappa shape index (κ3) is 5.63. The number of carbonyl (C=O) groups excluding carboxylic acids is 1. The Morgan fingerprint density at radius 3 is 2.42 bits per heavy atom. The molecule has 38 heavy (non-hydrogen) atoms. The van der Waals surface area contributed by atoms with Crippen LogP contribution in [0.2, 0.25) is 0 Å². The first kappa shape index (κ1) is 26.7. The summed E-state index contributed by atoms with van der Waals surface area (Å²) in [5, 5.41) is 13.7. The first-order chi connectivity index (χ1) is 18.0. The second-order valence-electron chi connectivity index (χ2n) is 9.10. The van der Waals surface area contributed by atoms with Crippen LogP contribution in [-0.2, 0) is 16.6 Å². The number of nitrogens with zero attached hydrogens (tertiary/aromatic N) is 1. The van der Waals surface area contributed by atoms with E-state index in [1.165, 1.54) is 25.2 Å². The number of aryl methyl sites for hydroxylation is 2. The Morgan fingerprint density at radius 2 is 1.71 bits per heavy atom. The largest absolute Gasteiger partial charge is 0.487 e. The van der Waals surface area contributed by atoms with E-state index in [4.69, 9.17) is 4.74 Å². The molecule has 0 radical (unpaired) electrons. The molecule has 0 saturated heterocycles. The number of carboxylic acids is 1. The van der Waals surface area contributed by atoms with Gasteiger partial charge in [-0.05, 0) is 53.9 Å². The number of carboxylic acid groups (broad SMARTS) is 1. The summed E-state index contributed by atoms with van der Waals surface area (Å²) < 4.78 is 31.7. The molecule has 4 aromatic carbocycles. The first-order valence-corrected chi connectivity index (χ1v) is 13.6. The molecule has 0 saturated carbocycles. The monoisotopic (exact) mass is 532 g/mol. The number of carbonyl (C=O) groups is 2. The molecule has 0 atom stereocenters. The van der Waals surface area contributed by atoms with E-state index in [0.717, 1.165) is 32.6 Å². The van der Waals surface area contributed by atoms with Gasteiger partial charge in [0.25, 0.3) is 5.91 Å². The minimum atomic E-state index is -3.59. The molecule has 2 N–H and O–H groups in total. The highest BCUT2D eigenvalue weighted by molar-refractivity contribution is 7.92. The Kier molecular flexibility index (Phi) is 7.41. The number of fused-ring (bicyclic) bond motifs is 1. The predicted molar refractivity (Wildman–Crippen MR) is 149 cm³/mol. The van der Waals surface area contributed by atoms with Gasteiger partial charge in [0.05, 0.1) is 23.1 Å². The molecule has 8 nitrogen and oxygen atoms in total.